The maximum Gasteiger partial charge on any atom is 0.117 e. The first-order valence-corrected chi connectivity index (χ1v) is 6.00. The van der Waals surface area contributed by atoms with E-state index < -0.39 is 0 Å². The van der Waals surface area contributed by atoms with E-state index in [-0.39, 0.29) is 6.04 Å². The van der Waals surface area contributed by atoms with E-state index in [1.165, 1.54) is 5.56 Å². The highest BCUT2D eigenvalue weighted by Gasteiger charge is 2.06. The summed E-state index contributed by atoms with van der Waals surface area (Å²) in [6.07, 6.45) is 4.62. The van der Waals surface area contributed by atoms with Crippen molar-refractivity contribution in [2.45, 2.75) is 32.9 Å². The van der Waals surface area contributed by atoms with Crippen LogP contribution in [-0.4, -0.2) is 4.98 Å². The van der Waals surface area contributed by atoms with Gasteiger partial charge in [0.15, 0.2) is 0 Å². The molecule has 2 aromatic heterocycles. The molecule has 1 unspecified atom stereocenters. The summed E-state index contributed by atoms with van der Waals surface area (Å²) in [5.74, 6) is 2.02. The van der Waals surface area contributed by atoms with Crippen molar-refractivity contribution < 1.29 is 4.42 Å². The lowest BCUT2D eigenvalue weighted by molar-refractivity contribution is 0.435. The number of nitrogens with zero attached hydrogens (tertiary/aromatic N) is 1. The van der Waals surface area contributed by atoms with Gasteiger partial charge in [-0.1, -0.05) is 13.0 Å². The van der Waals surface area contributed by atoms with Crippen molar-refractivity contribution in [3.05, 3.63) is 53.7 Å². The van der Waals surface area contributed by atoms with Crippen LogP contribution in [0.15, 0.2) is 41.1 Å². The lowest BCUT2D eigenvalue weighted by Crippen LogP contribution is -2.17. The third-order valence-electron chi connectivity index (χ3n) is 2.83. The van der Waals surface area contributed by atoms with Gasteiger partial charge in [0.1, 0.15) is 11.5 Å². The van der Waals surface area contributed by atoms with Crippen molar-refractivity contribution in [2.24, 2.45) is 0 Å². The molecule has 0 fully saturated rings. The van der Waals surface area contributed by atoms with Gasteiger partial charge in [-0.25, -0.2) is 0 Å². The second-order valence-corrected chi connectivity index (χ2v) is 4.11. The van der Waals surface area contributed by atoms with Crippen molar-refractivity contribution in [3.8, 4) is 0 Å². The highest BCUT2D eigenvalue weighted by atomic mass is 16.3. The number of aromatic nitrogens is 1. The summed E-state index contributed by atoms with van der Waals surface area (Å²) in [7, 11) is 0. The minimum atomic E-state index is 0.277. The Hall–Kier alpha value is -1.61. The molecule has 3 nitrogen and oxygen atoms in total. The second-order valence-electron chi connectivity index (χ2n) is 4.11. The Morgan fingerprint density at radius 3 is 2.76 bits per heavy atom. The Bertz CT molecular complexity index is 450. The van der Waals surface area contributed by atoms with Crippen molar-refractivity contribution in [1.82, 2.24) is 10.3 Å². The van der Waals surface area contributed by atoms with E-state index in [0.717, 1.165) is 24.5 Å². The lowest BCUT2D eigenvalue weighted by Gasteiger charge is -2.12. The average Bonchev–Trinajstić information content (AvgIpc) is 2.85. The number of rotatable bonds is 5. The first kappa shape index (κ1) is 11.9. The zero-order chi connectivity index (χ0) is 12.1. The topological polar surface area (TPSA) is 38.1 Å². The molecule has 1 N–H and O–H groups in total. The van der Waals surface area contributed by atoms with E-state index in [1.807, 2.05) is 24.4 Å². The smallest absolute Gasteiger partial charge is 0.117 e. The van der Waals surface area contributed by atoms with E-state index >= 15 is 0 Å². The fourth-order valence-electron chi connectivity index (χ4n) is 1.71. The molecule has 0 saturated heterocycles. The number of hydrogen-bond acceptors (Lipinski definition) is 3. The van der Waals surface area contributed by atoms with Crippen LogP contribution in [0.5, 0.6) is 0 Å². The maximum atomic E-state index is 5.64. The van der Waals surface area contributed by atoms with Crippen LogP contribution >= 0.6 is 0 Å². The Morgan fingerprint density at radius 1 is 1.29 bits per heavy atom. The first-order valence-electron chi connectivity index (χ1n) is 6.00. The van der Waals surface area contributed by atoms with Crippen LogP contribution in [0.4, 0.5) is 0 Å². The van der Waals surface area contributed by atoms with E-state index in [1.54, 1.807) is 6.20 Å². The molecule has 2 aromatic rings. The SMILES string of the molecule is CCc1ccc(CNC(C)c2cccnc2)o1. The van der Waals surface area contributed by atoms with Crippen molar-refractivity contribution in [1.29, 1.82) is 0 Å². The molecule has 0 aliphatic carbocycles. The molecule has 0 aliphatic heterocycles. The normalized spacial score (nSPS) is 12.6. The lowest BCUT2D eigenvalue weighted by atomic mass is 10.1. The number of hydrogen-bond donors (Lipinski definition) is 1. The van der Waals surface area contributed by atoms with Gasteiger partial charge in [0.05, 0.1) is 6.54 Å². The number of pyridine rings is 1. The molecule has 2 heterocycles. The minimum Gasteiger partial charge on any atom is -0.465 e. The number of nitrogens with one attached hydrogen (secondary N) is 1. The molecule has 3 heteroatoms. The van der Waals surface area contributed by atoms with Crippen LogP contribution < -0.4 is 5.32 Å². The molecule has 0 spiro atoms. The molecule has 0 aliphatic rings. The van der Waals surface area contributed by atoms with Gasteiger partial charge >= 0.3 is 0 Å². The third-order valence-corrected chi connectivity index (χ3v) is 2.83. The van der Waals surface area contributed by atoms with E-state index in [0.29, 0.717) is 0 Å². The van der Waals surface area contributed by atoms with E-state index in [4.69, 9.17) is 4.42 Å². The van der Waals surface area contributed by atoms with Gasteiger partial charge in [0.2, 0.25) is 0 Å². The van der Waals surface area contributed by atoms with Gasteiger partial charge in [-0.15, -0.1) is 0 Å². The van der Waals surface area contributed by atoms with Gasteiger partial charge in [-0.05, 0) is 30.7 Å². The average molecular weight is 230 g/mol. The highest BCUT2D eigenvalue weighted by Crippen LogP contribution is 2.13. The van der Waals surface area contributed by atoms with Crippen LogP contribution in [0, 0.1) is 0 Å². The largest absolute Gasteiger partial charge is 0.465 e. The molecule has 2 rings (SSSR count). The van der Waals surface area contributed by atoms with Gasteiger partial charge in [-0.2, -0.15) is 0 Å². The van der Waals surface area contributed by atoms with Crippen molar-refractivity contribution >= 4 is 0 Å². The summed E-state index contributed by atoms with van der Waals surface area (Å²) < 4.78 is 5.64. The van der Waals surface area contributed by atoms with Gasteiger partial charge in [0.25, 0.3) is 0 Å². The predicted molar refractivity (Wildman–Crippen MR) is 67.6 cm³/mol. The Kier molecular flexibility index (Phi) is 3.94. The predicted octanol–water partition coefficient (Wildman–Crippen LogP) is 3.09. The Morgan fingerprint density at radius 2 is 2.12 bits per heavy atom. The number of aryl methyl sites for hydroxylation is 1. The molecule has 90 valence electrons. The summed E-state index contributed by atoms with van der Waals surface area (Å²) in [6, 6.07) is 8.37. The quantitative estimate of drug-likeness (QED) is 0.857. The van der Waals surface area contributed by atoms with Gasteiger partial charge in [0, 0.05) is 24.9 Å². The fraction of sp³-hybridized carbons (Fsp3) is 0.357. The molecular formula is C14H18N2O. The molecule has 0 aromatic carbocycles. The van der Waals surface area contributed by atoms with Crippen LogP contribution in [0.3, 0.4) is 0 Å². The molecule has 0 radical (unpaired) electrons. The molecule has 0 amide bonds. The summed E-state index contributed by atoms with van der Waals surface area (Å²) >= 11 is 0. The Labute approximate surface area is 102 Å². The van der Waals surface area contributed by atoms with E-state index in [2.05, 4.69) is 30.2 Å². The zero-order valence-corrected chi connectivity index (χ0v) is 10.3. The summed E-state index contributed by atoms with van der Waals surface area (Å²) in [6.45, 7) is 4.96. The van der Waals surface area contributed by atoms with Crippen LogP contribution in [0.1, 0.15) is 37.0 Å². The second kappa shape index (κ2) is 5.64. The molecular weight excluding hydrogens is 212 g/mol. The third kappa shape index (κ3) is 3.17. The fourth-order valence-corrected chi connectivity index (χ4v) is 1.71. The first-order chi connectivity index (χ1) is 8.29. The molecule has 1 atom stereocenters. The van der Waals surface area contributed by atoms with Crippen molar-refractivity contribution in [2.75, 3.05) is 0 Å². The van der Waals surface area contributed by atoms with Crippen LogP contribution in [-0.2, 0) is 13.0 Å². The highest BCUT2D eigenvalue weighted by molar-refractivity contribution is 5.13. The minimum absolute atomic E-state index is 0.277. The van der Waals surface area contributed by atoms with Crippen molar-refractivity contribution in [3.63, 3.8) is 0 Å². The van der Waals surface area contributed by atoms with Gasteiger partial charge < -0.3 is 9.73 Å². The number of furan rings is 1. The molecule has 17 heavy (non-hydrogen) atoms. The maximum absolute atomic E-state index is 5.64. The molecule has 0 saturated carbocycles. The summed E-state index contributed by atoms with van der Waals surface area (Å²) in [5.41, 5.74) is 1.19. The Balaban J connectivity index is 1.90. The zero-order valence-electron chi connectivity index (χ0n) is 10.3. The van der Waals surface area contributed by atoms with Crippen LogP contribution in [0.25, 0.3) is 0 Å². The van der Waals surface area contributed by atoms with E-state index in [9.17, 15) is 0 Å². The van der Waals surface area contributed by atoms with Gasteiger partial charge in [-0.3, -0.25) is 4.98 Å². The summed E-state index contributed by atoms with van der Waals surface area (Å²) in [4.78, 5) is 4.11. The van der Waals surface area contributed by atoms with Crippen LogP contribution in [0.2, 0.25) is 0 Å². The monoisotopic (exact) mass is 230 g/mol. The summed E-state index contributed by atoms with van der Waals surface area (Å²) in [5, 5.41) is 3.42. The molecule has 0 bridgehead atoms. The standard InChI is InChI=1S/C14H18N2O/c1-3-13-6-7-14(17-13)10-16-11(2)12-5-4-8-15-9-12/h4-9,11,16H,3,10H2,1-2H3.